The second-order valence-electron chi connectivity index (χ2n) is 5.01. The molecule has 1 saturated carbocycles. The Morgan fingerprint density at radius 2 is 1.11 bits per heavy atom. The summed E-state index contributed by atoms with van der Waals surface area (Å²) in [5.74, 6) is 1.02. The SMILES string of the molecule is CC.CC.CC.CC.CC1CC2(C1)CN(C(C)C)C2. The molecular weight excluding hydrogens is 230 g/mol. The highest BCUT2D eigenvalue weighted by molar-refractivity contribution is 5.03. The van der Waals surface area contributed by atoms with Gasteiger partial charge < -0.3 is 0 Å². The van der Waals surface area contributed by atoms with Gasteiger partial charge in [0, 0.05) is 19.1 Å². The summed E-state index contributed by atoms with van der Waals surface area (Å²) in [7, 11) is 0. The van der Waals surface area contributed by atoms with E-state index in [1.165, 1.54) is 25.9 Å². The maximum Gasteiger partial charge on any atom is 0.00534 e. The van der Waals surface area contributed by atoms with Crippen molar-refractivity contribution >= 4 is 0 Å². The molecule has 1 aliphatic heterocycles. The van der Waals surface area contributed by atoms with E-state index in [-0.39, 0.29) is 0 Å². The molecule has 0 aromatic heterocycles. The van der Waals surface area contributed by atoms with Gasteiger partial charge in [-0.2, -0.15) is 0 Å². The summed E-state index contributed by atoms with van der Waals surface area (Å²) >= 11 is 0. The fraction of sp³-hybridized carbons (Fsp3) is 1.00. The second-order valence-corrected chi connectivity index (χ2v) is 5.01. The quantitative estimate of drug-likeness (QED) is 0.547. The first kappa shape index (κ1) is 24.0. The molecule has 1 saturated heterocycles. The first-order valence-electron chi connectivity index (χ1n) is 8.85. The van der Waals surface area contributed by atoms with Crippen LogP contribution in [-0.2, 0) is 0 Å². The van der Waals surface area contributed by atoms with E-state index in [1.807, 2.05) is 55.4 Å². The summed E-state index contributed by atoms with van der Waals surface area (Å²) in [5.41, 5.74) is 0.795. The van der Waals surface area contributed by atoms with Crippen molar-refractivity contribution in [2.24, 2.45) is 11.3 Å². The van der Waals surface area contributed by atoms with Gasteiger partial charge in [0.15, 0.2) is 0 Å². The van der Waals surface area contributed by atoms with Gasteiger partial charge in [-0.05, 0) is 38.0 Å². The van der Waals surface area contributed by atoms with Crippen molar-refractivity contribution in [2.45, 2.75) is 95.0 Å². The molecule has 0 unspecified atom stereocenters. The zero-order valence-electron chi connectivity index (χ0n) is 15.9. The van der Waals surface area contributed by atoms with Gasteiger partial charge in [0.2, 0.25) is 0 Å². The molecule has 1 aliphatic carbocycles. The van der Waals surface area contributed by atoms with Crippen molar-refractivity contribution in [3.05, 3.63) is 0 Å². The lowest BCUT2D eigenvalue weighted by atomic mass is 9.58. The number of likely N-dealkylation sites (tertiary alicyclic amines) is 1. The van der Waals surface area contributed by atoms with E-state index in [0.717, 1.165) is 17.4 Å². The van der Waals surface area contributed by atoms with Crippen LogP contribution in [-0.4, -0.2) is 24.0 Å². The lowest BCUT2D eigenvalue weighted by Crippen LogP contribution is -2.63. The first-order valence-corrected chi connectivity index (χ1v) is 8.85. The molecule has 1 nitrogen and oxygen atoms in total. The Balaban J connectivity index is -0.000000278. The fourth-order valence-electron chi connectivity index (χ4n) is 2.86. The van der Waals surface area contributed by atoms with E-state index in [0.29, 0.717) is 0 Å². The molecule has 2 fully saturated rings. The first-order chi connectivity index (χ1) is 9.11. The van der Waals surface area contributed by atoms with E-state index < -0.39 is 0 Å². The van der Waals surface area contributed by atoms with Crippen molar-refractivity contribution in [1.82, 2.24) is 4.90 Å². The van der Waals surface area contributed by atoms with E-state index >= 15 is 0 Å². The molecule has 1 heterocycles. The van der Waals surface area contributed by atoms with Crippen LogP contribution < -0.4 is 0 Å². The smallest absolute Gasteiger partial charge is 0.00534 e. The van der Waals surface area contributed by atoms with Crippen LogP contribution in [0, 0.1) is 11.3 Å². The van der Waals surface area contributed by atoms with Gasteiger partial charge in [0.25, 0.3) is 0 Å². The zero-order chi connectivity index (χ0) is 16.1. The molecular formula is C18H43N. The molecule has 0 atom stereocenters. The third-order valence-corrected chi connectivity index (χ3v) is 3.37. The summed E-state index contributed by atoms with van der Waals surface area (Å²) in [6, 6.07) is 0.775. The van der Waals surface area contributed by atoms with Crippen LogP contribution in [0.3, 0.4) is 0 Å². The Labute approximate surface area is 125 Å². The topological polar surface area (TPSA) is 3.24 Å². The van der Waals surface area contributed by atoms with Crippen molar-refractivity contribution in [1.29, 1.82) is 0 Å². The predicted octanol–water partition coefficient (Wildman–Crippen LogP) is 6.23. The Kier molecular flexibility index (Phi) is 18.2. The van der Waals surface area contributed by atoms with Crippen LogP contribution in [0.1, 0.15) is 89.0 Å². The van der Waals surface area contributed by atoms with Gasteiger partial charge in [0.1, 0.15) is 0 Å². The monoisotopic (exact) mass is 273 g/mol. The molecule has 1 spiro atoms. The molecule has 0 amide bonds. The highest BCUT2D eigenvalue weighted by atomic mass is 15.2. The van der Waals surface area contributed by atoms with Gasteiger partial charge >= 0.3 is 0 Å². The minimum absolute atomic E-state index is 0.775. The third kappa shape index (κ3) is 7.97. The second kappa shape index (κ2) is 14.4. The lowest BCUT2D eigenvalue weighted by Gasteiger charge is -2.60. The minimum Gasteiger partial charge on any atom is -0.300 e. The van der Waals surface area contributed by atoms with Gasteiger partial charge in [-0.1, -0.05) is 62.3 Å². The minimum atomic E-state index is 0.775. The number of hydrogen-bond acceptors (Lipinski definition) is 1. The lowest BCUT2D eigenvalue weighted by molar-refractivity contribution is -0.102. The van der Waals surface area contributed by atoms with E-state index in [4.69, 9.17) is 0 Å². The average Bonchev–Trinajstić information content (AvgIpc) is 2.41. The summed E-state index contributed by atoms with van der Waals surface area (Å²) in [6.45, 7) is 25.7. The van der Waals surface area contributed by atoms with Gasteiger partial charge in [-0.25, -0.2) is 0 Å². The van der Waals surface area contributed by atoms with Crippen LogP contribution in [0.15, 0.2) is 0 Å². The summed E-state index contributed by atoms with van der Waals surface area (Å²) in [5, 5.41) is 0. The number of hydrogen-bond donors (Lipinski definition) is 0. The molecule has 19 heavy (non-hydrogen) atoms. The number of nitrogens with zero attached hydrogens (tertiary/aromatic N) is 1. The Morgan fingerprint density at radius 3 is 1.32 bits per heavy atom. The molecule has 2 rings (SSSR count). The standard InChI is InChI=1S/C10H19N.4C2H6/c1-8(2)11-6-10(7-11)4-9(3)5-10;4*1-2/h8-9H,4-7H2,1-3H3;4*1-2H3. The molecule has 1 heteroatoms. The van der Waals surface area contributed by atoms with Crippen molar-refractivity contribution < 1.29 is 0 Å². The highest BCUT2D eigenvalue weighted by Gasteiger charge is 2.50. The average molecular weight is 274 g/mol. The molecule has 0 radical (unpaired) electrons. The van der Waals surface area contributed by atoms with Crippen LogP contribution in [0.2, 0.25) is 0 Å². The largest absolute Gasteiger partial charge is 0.300 e. The van der Waals surface area contributed by atoms with Crippen LogP contribution in [0.4, 0.5) is 0 Å². The van der Waals surface area contributed by atoms with Crippen molar-refractivity contribution in [3.8, 4) is 0 Å². The Bertz CT molecular complexity index is 149. The molecule has 120 valence electrons. The summed E-state index contributed by atoms with van der Waals surface area (Å²) in [4.78, 5) is 2.59. The molecule has 2 aliphatic rings. The van der Waals surface area contributed by atoms with Crippen molar-refractivity contribution in [2.75, 3.05) is 13.1 Å². The van der Waals surface area contributed by atoms with Crippen molar-refractivity contribution in [3.63, 3.8) is 0 Å². The van der Waals surface area contributed by atoms with E-state index in [2.05, 4.69) is 25.7 Å². The Morgan fingerprint density at radius 1 is 0.789 bits per heavy atom. The third-order valence-electron chi connectivity index (χ3n) is 3.37. The molecule has 0 bridgehead atoms. The zero-order valence-corrected chi connectivity index (χ0v) is 15.9. The summed E-state index contributed by atoms with van der Waals surface area (Å²) in [6.07, 6.45) is 2.99. The van der Waals surface area contributed by atoms with Crippen LogP contribution in [0.25, 0.3) is 0 Å². The van der Waals surface area contributed by atoms with Gasteiger partial charge in [0.05, 0.1) is 0 Å². The van der Waals surface area contributed by atoms with Gasteiger partial charge in [-0.3, -0.25) is 4.90 Å². The molecule has 0 aromatic rings. The van der Waals surface area contributed by atoms with E-state index in [9.17, 15) is 0 Å². The summed E-state index contributed by atoms with van der Waals surface area (Å²) < 4.78 is 0. The van der Waals surface area contributed by atoms with Crippen LogP contribution >= 0.6 is 0 Å². The maximum absolute atomic E-state index is 2.59. The normalized spacial score (nSPS) is 18.9. The van der Waals surface area contributed by atoms with Crippen LogP contribution in [0.5, 0.6) is 0 Å². The van der Waals surface area contributed by atoms with E-state index in [1.54, 1.807) is 0 Å². The van der Waals surface area contributed by atoms with Gasteiger partial charge in [-0.15, -0.1) is 0 Å². The maximum atomic E-state index is 2.59. The highest BCUT2D eigenvalue weighted by Crippen LogP contribution is 2.51. The molecule has 0 aromatic carbocycles. The Hall–Kier alpha value is -0.0400. The predicted molar refractivity (Wildman–Crippen MR) is 92.9 cm³/mol. The molecule has 0 N–H and O–H groups in total. The number of rotatable bonds is 1. The fourth-order valence-corrected chi connectivity index (χ4v) is 2.86.